The molecule has 30 heavy (non-hydrogen) atoms. The summed E-state index contributed by atoms with van der Waals surface area (Å²) in [5.41, 5.74) is 1.69. The van der Waals surface area contributed by atoms with Crippen molar-refractivity contribution >= 4 is 23.6 Å². The number of amides is 2. The average molecular weight is 431 g/mol. The van der Waals surface area contributed by atoms with Gasteiger partial charge in [0, 0.05) is 12.1 Å². The lowest BCUT2D eigenvalue weighted by Crippen LogP contribution is -2.49. The first-order valence-corrected chi connectivity index (χ1v) is 11.0. The Bertz CT molecular complexity index is 888. The highest BCUT2D eigenvalue weighted by atomic mass is 32.2. The van der Waals surface area contributed by atoms with Crippen LogP contribution in [0.15, 0.2) is 48.5 Å². The molecule has 5 nitrogen and oxygen atoms in total. The fourth-order valence-electron chi connectivity index (χ4n) is 3.59. The Morgan fingerprint density at radius 3 is 2.60 bits per heavy atom. The largest absolute Gasteiger partial charge is 0.496 e. The Hall–Kier alpha value is -2.54. The molecule has 1 aliphatic heterocycles. The average Bonchev–Trinajstić information content (AvgIpc) is 3.12. The van der Waals surface area contributed by atoms with Gasteiger partial charge in [0.2, 0.25) is 11.8 Å². The van der Waals surface area contributed by atoms with Gasteiger partial charge in [0.25, 0.3) is 0 Å². The van der Waals surface area contributed by atoms with E-state index in [4.69, 9.17) is 4.74 Å². The fourth-order valence-corrected chi connectivity index (χ4v) is 4.83. The van der Waals surface area contributed by atoms with Crippen LogP contribution in [0.3, 0.4) is 0 Å². The molecule has 2 aromatic rings. The second-order valence-electron chi connectivity index (χ2n) is 7.70. The molecular formula is C23H27FN2O3S. The van der Waals surface area contributed by atoms with Gasteiger partial charge in [-0.15, -0.1) is 11.8 Å². The number of nitrogens with zero attached hydrogens (tertiary/aromatic N) is 1. The second kappa shape index (κ2) is 9.98. The molecule has 0 spiro atoms. The van der Waals surface area contributed by atoms with E-state index in [-0.39, 0.29) is 35.5 Å². The Morgan fingerprint density at radius 1 is 1.23 bits per heavy atom. The third kappa shape index (κ3) is 5.14. The van der Waals surface area contributed by atoms with Crippen LogP contribution in [0.5, 0.6) is 5.75 Å². The van der Waals surface area contributed by atoms with Gasteiger partial charge in [-0.3, -0.25) is 9.59 Å². The molecule has 2 atom stereocenters. The number of para-hydroxylation sites is 1. The van der Waals surface area contributed by atoms with Crippen LogP contribution >= 0.6 is 11.8 Å². The van der Waals surface area contributed by atoms with E-state index in [0.29, 0.717) is 17.9 Å². The molecule has 1 saturated heterocycles. The number of rotatable bonds is 8. The van der Waals surface area contributed by atoms with Gasteiger partial charge < -0.3 is 15.0 Å². The van der Waals surface area contributed by atoms with E-state index in [1.807, 2.05) is 38.1 Å². The van der Waals surface area contributed by atoms with Gasteiger partial charge in [-0.1, -0.05) is 44.2 Å². The molecule has 2 aromatic carbocycles. The van der Waals surface area contributed by atoms with Crippen LogP contribution in [0.25, 0.3) is 0 Å². The molecule has 0 radical (unpaired) electrons. The van der Waals surface area contributed by atoms with Crippen LogP contribution in [-0.2, 0) is 16.1 Å². The van der Waals surface area contributed by atoms with Crippen LogP contribution < -0.4 is 10.1 Å². The maximum absolute atomic E-state index is 13.2. The number of carbonyl (C=O) groups excluding carboxylic acids is 2. The van der Waals surface area contributed by atoms with Crippen molar-refractivity contribution in [3.05, 3.63) is 65.5 Å². The summed E-state index contributed by atoms with van der Waals surface area (Å²) >= 11 is 1.50. The van der Waals surface area contributed by atoms with Crippen LogP contribution in [-0.4, -0.2) is 35.6 Å². The first kappa shape index (κ1) is 22.2. The van der Waals surface area contributed by atoms with E-state index in [1.54, 1.807) is 24.1 Å². The van der Waals surface area contributed by atoms with Crippen molar-refractivity contribution in [1.82, 2.24) is 10.2 Å². The van der Waals surface area contributed by atoms with Crippen LogP contribution in [0.1, 0.15) is 36.8 Å². The molecule has 1 fully saturated rings. The molecule has 7 heteroatoms. The number of nitrogens with one attached hydrogen (secondary N) is 1. The first-order chi connectivity index (χ1) is 14.4. The van der Waals surface area contributed by atoms with Gasteiger partial charge in [0.1, 0.15) is 23.0 Å². The highest BCUT2D eigenvalue weighted by Gasteiger charge is 2.41. The summed E-state index contributed by atoms with van der Waals surface area (Å²) in [6, 6.07) is 13.0. The van der Waals surface area contributed by atoms with E-state index in [1.165, 1.54) is 23.9 Å². The van der Waals surface area contributed by atoms with Crippen molar-refractivity contribution in [1.29, 1.82) is 0 Å². The third-order valence-electron chi connectivity index (χ3n) is 5.02. The number of thioether (sulfide) groups is 1. The van der Waals surface area contributed by atoms with Crippen molar-refractivity contribution in [2.75, 3.05) is 12.9 Å². The number of methoxy groups -OCH3 is 1. The second-order valence-corrected chi connectivity index (χ2v) is 8.76. The van der Waals surface area contributed by atoms with Gasteiger partial charge in [0.05, 0.1) is 12.9 Å². The van der Waals surface area contributed by atoms with Crippen LogP contribution in [0.4, 0.5) is 4.39 Å². The van der Waals surface area contributed by atoms with Crippen molar-refractivity contribution < 1.29 is 18.7 Å². The summed E-state index contributed by atoms with van der Waals surface area (Å²) in [5.74, 6) is 0.667. The lowest BCUT2D eigenvalue weighted by atomic mass is 10.00. The Labute approximate surface area is 181 Å². The lowest BCUT2D eigenvalue weighted by Gasteiger charge is -2.33. The van der Waals surface area contributed by atoms with E-state index in [2.05, 4.69) is 5.32 Å². The van der Waals surface area contributed by atoms with E-state index in [0.717, 1.165) is 11.1 Å². The minimum absolute atomic E-state index is 0.0570. The topological polar surface area (TPSA) is 58.6 Å². The maximum atomic E-state index is 13.2. The van der Waals surface area contributed by atoms with Crippen molar-refractivity contribution in [3.8, 4) is 5.75 Å². The third-order valence-corrected chi connectivity index (χ3v) is 6.23. The van der Waals surface area contributed by atoms with Gasteiger partial charge >= 0.3 is 0 Å². The Kier molecular flexibility index (Phi) is 7.37. The zero-order valence-corrected chi connectivity index (χ0v) is 18.2. The lowest BCUT2D eigenvalue weighted by molar-refractivity contribution is -0.139. The fraction of sp³-hybridized carbons (Fsp3) is 0.391. The summed E-state index contributed by atoms with van der Waals surface area (Å²) < 4.78 is 18.6. The van der Waals surface area contributed by atoms with Crippen molar-refractivity contribution in [3.63, 3.8) is 0 Å². The number of benzene rings is 2. The monoisotopic (exact) mass is 430 g/mol. The molecule has 0 aromatic heterocycles. The standard InChI is InChI=1S/C23H27FN2O3S/c1-15(2)12-19(22(28)25-13-16-8-10-17(24)11-9-16)26-21(27)14-30-23(26)18-6-4-5-7-20(18)29-3/h4-11,15,19,23H,12-14H2,1-3H3,(H,25,28). The number of hydrogen-bond acceptors (Lipinski definition) is 4. The molecule has 1 aliphatic rings. The number of halogens is 1. The Morgan fingerprint density at radius 2 is 1.93 bits per heavy atom. The number of carbonyl (C=O) groups is 2. The SMILES string of the molecule is COc1ccccc1C1SCC(=O)N1C(CC(C)C)C(=O)NCc1ccc(F)cc1. The van der Waals surface area contributed by atoms with Crippen molar-refractivity contribution in [2.45, 2.75) is 38.2 Å². The van der Waals surface area contributed by atoms with Gasteiger partial charge in [-0.2, -0.15) is 0 Å². The van der Waals surface area contributed by atoms with E-state index >= 15 is 0 Å². The minimum Gasteiger partial charge on any atom is -0.496 e. The van der Waals surface area contributed by atoms with E-state index in [9.17, 15) is 14.0 Å². The van der Waals surface area contributed by atoms with Gasteiger partial charge in [-0.05, 0) is 36.1 Å². The summed E-state index contributed by atoms with van der Waals surface area (Å²) in [6.45, 7) is 4.35. The highest BCUT2D eigenvalue weighted by Crippen LogP contribution is 2.44. The summed E-state index contributed by atoms with van der Waals surface area (Å²) in [5, 5.41) is 2.64. The predicted octanol–water partition coefficient (Wildman–Crippen LogP) is 4.14. The number of hydrogen-bond donors (Lipinski definition) is 1. The number of ether oxygens (including phenoxy) is 1. The van der Waals surface area contributed by atoms with E-state index < -0.39 is 6.04 Å². The van der Waals surface area contributed by atoms with Gasteiger partial charge in [-0.25, -0.2) is 4.39 Å². The van der Waals surface area contributed by atoms with Crippen LogP contribution in [0.2, 0.25) is 0 Å². The van der Waals surface area contributed by atoms with Gasteiger partial charge in [0.15, 0.2) is 0 Å². The first-order valence-electron chi connectivity index (χ1n) is 9.98. The molecule has 1 heterocycles. The molecule has 0 aliphatic carbocycles. The molecule has 1 N–H and O–H groups in total. The molecule has 2 amide bonds. The molecular weight excluding hydrogens is 403 g/mol. The molecule has 3 rings (SSSR count). The quantitative estimate of drug-likeness (QED) is 0.684. The molecule has 160 valence electrons. The Balaban J connectivity index is 1.83. The maximum Gasteiger partial charge on any atom is 0.243 e. The molecule has 2 unspecified atom stereocenters. The summed E-state index contributed by atoms with van der Waals surface area (Å²) in [4.78, 5) is 27.7. The zero-order chi connectivity index (χ0) is 21.7. The summed E-state index contributed by atoms with van der Waals surface area (Å²) in [7, 11) is 1.60. The molecule has 0 saturated carbocycles. The van der Waals surface area contributed by atoms with Crippen molar-refractivity contribution in [2.24, 2.45) is 5.92 Å². The highest BCUT2D eigenvalue weighted by molar-refractivity contribution is 8.00. The summed E-state index contributed by atoms with van der Waals surface area (Å²) in [6.07, 6.45) is 0.549. The minimum atomic E-state index is -0.595. The predicted molar refractivity (Wildman–Crippen MR) is 117 cm³/mol. The zero-order valence-electron chi connectivity index (χ0n) is 17.4. The molecule has 0 bridgehead atoms. The smallest absolute Gasteiger partial charge is 0.243 e. The van der Waals surface area contributed by atoms with Crippen LogP contribution in [0, 0.1) is 11.7 Å². The normalized spacial score (nSPS) is 17.3.